The summed E-state index contributed by atoms with van der Waals surface area (Å²) in [5, 5.41) is 3.57. The van der Waals surface area contributed by atoms with Crippen molar-refractivity contribution in [2.75, 3.05) is 0 Å². The molecule has 2 heterocycles. The normalized spacial score (nSPS) is 15.8. The van der Waals surface area contributed by atoms with Gasteiger partial charge in [0.15, 0.2) is 0 Å². The number of halogens is 1. The first-order valence-electron chi connectivity index (χ1n) is 6.98. The smallest absolute Gasteiger partial charge is 1.00 e. The molecule has 3 rings (SSSR count). The molecule has 0 bridgehead atoms. The number of fused-ring (bicyclic) bond motifs is 2. The van der Waals surface area contributed by atoms with Gasteiger partial charge in [-0.25, -0.2) is 0 Å². The maximum absolute atomic E-state index is 12.6. The predicted molar refractivity (Wildman–Crippen MR) is 90.2 cm³/mol. The van der Waals surface area contributed by atoms with E-state index in [1.165, 1.54) is 0 Å². The number of hydrogen-bond acceptors (Lipinski definition) is 3. The van der Waals surface area contributed by atoms with Crippen LogP contribution in [-0.2, 0) is 7.05 Å². The van der Waals surface area contributed by atoms with Gasteiger partial charge in [0.1, 0.15) is 5.56 Å². The second-order valence-electron chi connectivity index (χ2n) is 5.50. The number of benzene rings is 1. The third-order valence-corrected chi connectivity index (χ3v) is 4.38. The fraction of sp³-hybridized carbons (Fsp3) is 0.375. The summed E-state index contributed by atoms with van der Waals surface area (Å²) in [6.07, 6.45) is 0.950. The topological polar surface area (TPSA) is 113 Å². The van der Waals surface area contributed by atoms with E-state index in [0.717, 1.165) is 17.6 Å². The van der Waals surface area contributed by atoms with E-state index in [2.05, 4.69) is 19.2 Å². The zero-order chi connectivity index (χ0) is 14.4. The quantitative estimate of drug-likeness (QED) is 0.621. The molecule has 24 heavy (non-hydrogen) atoms. The number of aryl methyl sites for hydroxylation is 1. The maximum atomic E-state index is 12.6. The Labute approximate surface area is 162 Å². The molecule has 0 saturated carbocycles. The third kappa shape index (κ3) is 3.60. The maximum Gasteiger partial charge on any atom is 2.00 e. The molecule has 2 aromatic rings. The van der Waals surface area contributed by atoms with Crippen LogP contribution < -0.4 is 23.2 Å². The molecule has 0 aliphatic carbocycles. The predicted octanol–water partition coefficient (Wildman–Crippen LogP) is -2.01. The van der Waals surface area contributed by atoms with E-state index in [1.54, 1.807) is 6.07 Å². The van der Waals surface area contributed by atoms with E-state index >= 15 is 0 Å². The number of rotatable bonds is 2. The van der Waals surface area contributed by atoms with Gasteiger partial charge in [0.2, 0.25) is 5.43 Å². The molecule has 1 aliphatic rings. The SMILES string of the molecule is CCC(C)C1NC(=O)c2c1n(C)c1ccccc1c2=O.O.[Cl-].[Mg+2].[OH-]. The van der Waals surface area contributed by atoms with Gasteiger partial charge in [-0.1, -0.05) is 32.4 Å². The average Bonchev–Trinajstić information content (AvgIpc) is 2.82. The second-order valence-corrected chi connectivity index (χ2v) is 5.50. The molecule has 128 valence electrons. The van der Waals surface area contributed by atoms with Crippen LogP contribution >= 0.6 is 0 Å². The minimum atomic E-state index is -0.239. The monoisotopic (exact) mass is 364 g/mol. The minimum absolute atomic E-state index is 0. The fourth-order valence-corrected chi connectivity index (χ4v) is 3.02. The molecule has 6 nitrogen and oxygen atoms in total. The van der Waals surface area contributed by atoms with Gasteiger partial charge in [-0.3, -0.25) is 9.59 Å². The first kappa shape index (κ1) is 25.1. The number of hydrogen-bond donors (Lipinski definition) is 1. The summed E-state index contributed by atoms with van der Waals surface area (Å²) in [6, 6.07) is 7.37. The van der Waals surface area contributed by atoms with Crippen molar-refractivity contribution in [3.63, 3.8) is 0 Å². The first-order valence-corrected chi connectivity index (χ1v) is 6.98. The van der Waals surface area contributed by atoms with Crippen LogP contribution in [0.1, 0.15) is 42.4 Å². The van der Waals surface area contributed by atoms with E-state index < -0.39 is 0 Å². The molecular formula is C16H21ClMgN2O4. The standard InChI is InChI=1S/C16H18N2O2.ClH.Mg.2H2O/c1-4-9(2)13-14-12(16(20)17-13)15(19)10-7-5-6-8-11(10)18(14)3;;;;/h5-9,13H,4H2,1-3H3,(H,17,20);1H;;2*1H2/q;;+2;;/p-2. The Morgan fingerprint density at radius 1 is 1.25 bits per heavy atom. The number of pyridine rings is 1. The van der Waals surface area contributed by atoms with Crippen molar-refractivity contribution in [2.24, 2.45) is 13.0 Å². The summed E-state index contributed by atoms with van der Waals surface area (Å²) in [6.45, 7) is 4.19. The Balaban J connectivity index is 0. The van der Waals surface area contributed by atoms with Crippen molar-refractivity contribution in [3.05, 3.63) is 45.7 Å². The molecule has 0 saturated heterocycles. The molecule has 8 heteroatoms. The number of amides is 1. The number of carbonyl (C=O) groups excluding carboxylic acids is 1. The fourth-order valence-electron chi connectivity index (χ4n) is 3.02. The minimum Gasteiger partial charge on any atom is -1.00 e. The molecule has 1 amide bonds. The second kappa shape index (κ2) is 9.38. The molecule has 0 radical (unpaired) electrons. The zero-order valence-electron chi connectivity index (χ0n) is 14.0. The van der Waals surface area contributed by atoms with Crippen LogP contribution in [0.15, 0.2) is 29.1 Å². The van der Waals surface area contributed by atoms with Crippen LogP contribution in [0.25, 0.3) is 10.9 Å². The number of nitrogens with zero attached hydrogens (tertiary/aromatic N) is 1. The van der Waals surface area contributed by atoms with Crippen LogP contribution in [0.3, 0.4) is 0 Å². The van der Waals surface area contributed by atoms with Gasteiger partial charge < -0.3 is 33.2 Å². The number of para-hydroxylation sites is 1. The van der Waals surface area contributed by atoms with Gasteiger partial charge in [0.05, 0.1) is 17.3 Å². The molecule has 0 spiro atoms. The summed E-state index contributed by atoms with van der Waals surface area (Å²) in [7, 11) is 1.93. The number of aromatic nitrogens is 1. The van der Waals surface area contributed by atoms with E-state index in [9.17, 15) is 9.59 Å². The van der Waals surface area contributed by atoms with Crippen molar-refractivity contribution in [1.29, 1.82) is 0 Å². The van der Waals surface area contributed by atoms with Crippen LogP contribution in [0.2, 0.25) is 0 Å². The van der Waals surface area contributed by atoms with Crippen LogP contribution in [0.4, 0.5) is 0 Å². The largest absolute Gasteiger partial charge is 2.00 e. The Morgan fingerprint density at radius 2 is 1.83 bits per heavy atom. The van der Waals surface area contributed by atoms with Gasteiger partial charge in [-0.2, -0.15) is 0 Å². The molecule has 4 N–H and O–H groups in total. The van der Waals surface area contributed by atoms with Crippen molar-refractivity contribution in [2.45, 2.75) is 26.3 Å². The number of carbonyl (C=O) groups is 1. The van der Waals surface area contributed by atoms with E-state index in [-0.39, 0.29) is 63.8 Å². The Morgan fingerprint density at radius 3 is 2.42 bits per heavy atom. The molecule has 1 aliphatic heterocycles. The molecule has 0 fully saturated rings. The van der Waals surface area contributed by atoms with Gasteiger partial charge in [-0.15, -0.1) is 0 Å². The molecule has 2 atom stereocenters. The van der Waals surface area contributed by atoms with Crippen molar-refractivity contribution < 1.29 is 28.2 Å². The molecule has 1 aromatic carbocycles. The van der Waals surface area contributed by atoms with Crippen LogP contribution in [-0.4, -0.2) is 44.5 Å². The van der Waals surface area contributed by atoms with Gasteiger partial charge >= 0.3 is 23.1 Å². The number of nitrogens with one attached hydrogen (secondary N) is 1. The Kier molecular flexibility index (Phi) is 9.82. The van der Waals surface area contributed by atoms with Crippen molar-refractivity contribution in [3.8, 4) is 0 Å². The third-order valence-electron chi connectivity index (χ3n) is 4.38. The Hall–Kier alpha value is -1.12. The summed E-state index contributed by atoms with van der Waals surface area (Å²) in [5.74, 6) is 0.0589. The van der Waals surface area contributed by atoms with Gasteiger partial charge in [0, 0.05) is 12.4 Å². The zero-order valence-corrected chi connectivity index (χ0v) is 16.1. The van der Waals surface area contributed by atoms with Gasteiger partial charge in [-0.05, 0) is 18.1 Å². The van der Waals surface area contributed by atoms with Crippen molar-refractivity contribution in [1.82, 2.24) is 9.88 Å². The average molecular weight is 365 g/mol. The molecule has 1 aromatic heterocycles. The first-order chi connectivity index (χ1) is 9.56. The molecular weight excluding hydrogens is 344 g/mol. The van der Waals surface area contributed by atoms with Gasteiger partial charge in [0.25, 0.3) is 5.91 Å². The summed E-state index contributed by atoms with van der Waals surface area (Å²) < 4.78 is 1.99. The summed E-state index contributed by atoms with van der Waals surface area (Å²) >= 11 is 0. The van der Waals surface area contributed by atoms with Crippen molar-refractivity contribution >= 4 is 39.9 Å². The van der Waals surface area contributed by atoms with E-state index in [0.29, 0.717) is 16.9 Å². The van der Waals surface area contributed by atoms with E-state index in [4.69, 9.17) is 0 Å². The summed E-state index contributed by atoms with van der Waals surface area (Å²) in [4.78, 5) is 24.8. The van der Waals surface area contributed by atoms with Crippen LogP contribution in [0, 0.1) is 5.92 Å². The summed E-state index contributed by atoms with van der Waals surface area (Å²) in [5.41, 5.74) is 1.86. The molecule has 2 unspecified atom stereocenters. The van der Waals surface area contributed by atoms with Crippen LogP contribution in [0.5, 0.6) is 0 Å². The van der Waals surface area contributed by atoms with E-state index in [1.807, 2.05) is 29.8 Å². The Bertz CT molecular complexity index is 778.